The van der Waals surface area contributed by atoms with Crippen LogP contribution in [0.5, 0.6) is 5.75 Å². The Morgan fingerprint density at radius 2 is 1.74 bits per heavy atom. The van der Waals surface area contributed by atoms with Crippen LogP contribution in [0.4, 0.5) is 4.39 Å². The summed E-state index contributed by atoms with van der Waals surface area (Å²) in [7, 11) is 0. The molecule has 1 aliphatic heterocycles. The SMILES string of the molecule is C[C@@H]1CN(Cc2ccc(F)cc2)[C@@H](C)CN1C(=O)COc1ccc(S)cc1. The van der Waals surface area contributed by atoms with E-state index in [9.17, 15) is 9.18 Å². The quantitative estimate of drug-likeness (QED) is 0.795. The Balaban J connectivity index is 1.54. The second-order valence-electron chi connectivity index (χ2n) is 7.08. The van der Waals surface area contributed by atoms with Gasteiger partial charge in [0.2, 0.25) is 0 Å². The van der Waals surface area contributed by atoms with Gasteiger partial charge < -0.3 is 9.64 Å². The molecule has 2 aromatic rings. The summed E-state index contributed by atoms with van der Waals surface area (Å²) in [5.41, 5.74) is 1.08. The molecule has 1 saturated heterocycles. The predicted octanol–water partition coefficient (Wildman–Crippen LogP) is 3.61. The summed E-state index contributed by atoms with van der Waals surface area (Å²) in [6, 6.07) is 14.2. The lowest BCUT2D eigenvalue weighted by Crippen LogP contribution is -2.58. The molecule has 0 spiro atoms. The molecule has 1 heterocycles. The van der Waals surface area contributed by atoms with Crippen LogP contribution >= 0.6 is 12.6 Å². The van der Waals surface area contributed by atoms with Crippen molar-refractivity contribution in [3.63, 3.8) is 0 Å². The molecule has 1 amide bonds. The average Bonchev–Trinajstić information content (AvgIpc) is 2.65. The molecule has 0 N–H and O–H groups in total. The molecule has 0 aromatic heterocycles. The summed E-state index contributed by atoms with van der Waals surface area (Å²) in [5, 5.41) is 0. The van der Waals surface area contributed by atoms with Gasteiger partial charge in [-0.15, -0.1) is 12.6 Å². The number of amides is 1. The fourth-order valence-electron chi connectivity index (χ4n) is 3.36. The lowest BCUT2D eigenvalue weighted by Gasteiger charge is -2.44. The number of piperazine rings is 1. The molecule has 2 atom stereocenters. The molecule has 3 rings (SSSR count). The lowest BCUT2D eigenvalue weighted by molar-refractivity contribution is -0.139. The highest BCUT2D eigenvalue weighted by atomic mass is 32.1. The number of thiol groups is 1. The van der Waals surface area contributed by atoms with Crippen LogP contribution in [-0.2, 0) is 11.3 Å². The second-order valence-corrected chi connectivity index (χ2v) is 7.60. The van der Waals surface area contributed by atoms with Crippen molar-refractivity contribution < 1.29 is 13.9 Å². The van der Waals surface area contributed by atoms with Crippen LogP contribution in [0.2, 0.25) is 0 Å². The van der Waals surface area contributed by atoms with Gasteiger partial charge in [0.25, 0.3) is 5.91 Å². The van der Waals surface area contributed by atoms with E-state index in [-0.39, 0.29) is 30.4 Å². The number of carbonyl (C=O) groups is 1. The zero-order valence-electron chi connectivity index (χ0n) is 15.6. The molecule has 6 heteroatoms. The Hall–Kier alpha value is -2.05. The first-order chi connectivity index (χ1) is 12.9. The van der Waals surface area contributed by atoms with E-state index in [2.05, 4.69) is 31.4 Å². The lowest BCUT2D eigenvalue weighted by atomic mass is 10.1. The standard InChI is InChI=1S/C21H25FN2O2S/c1-15-12-24(21(25)14-26-19-7-9-20(27)10-8-19)16(2)11-23(15)13-17-3-5-18(22)6-4-17/h3-10,15-16,27H,11-14H2,1-2H3/t15-,16+/m0/s1. The van der Waals surface area contributed by atoms with E-state index in [1.54, 1.807) is 0 Å². The Morgan fingerprint density at radius 3 is 2.41 bits per heavy atom. The highest BCUT2D eigenvalue weighted by Crippen LogP contribution is 2.19. The molecule has 4 nitrogen and oxygen atoms in total. The number of benzene rings is 2. The first kappa shape index (κ1) is 19.7. The van der Waals surface area contributed by atoms with Gasteiger partial charge in [-0.2, -0.15) is 0 Å². The maximum absolute atomic E-state index is 13.1. The maximum atomic E-state index is 13.1. The second kappa shape index (κ2) is 8.76. The predicted molar refractivity (Wildman–Crippen MR) is 107 cm³/mol. The van der Waals surface area contributed by atoms with Crippen molar-refractivity contribution in [2.75, 3.05) is 19.7 Å². The summed E-state index contributed by atoms with van der Waals surface area (Å²) in [6.07, 6.45) is 0. The number of hydrogen-bond acceptors (Lipinski definition) is 4. The molecule has 27 heavy (non-hydrogen) atoms. The Morgan fingerprint density at radius 1 is 1.07 bits per heavy atom. The zero-order valence-corrected chi connectivity index (χ0v) is 16.5. The molecule has 1 aliphatic rings. The number of rotatable bonds is 5. The molecule has 0 radical (unpaired) electrons. The third-order valence-corrected chi connectivity index (χ3v) is 5.23. The Kier molecular flexibility index (Phi) is 6.39. The van der Waals surface area contributed by atoms with Gasteiger partial charge in [-0.25, -0.2) is 4.39 Å². The van der Waals surface area contributed by atoms with E-state index in [0.717, 1.165) is 23.5 Å². The summed E-state index contributed by atoms with van der Waals surface area (Å²) < 4.78 is 18.7. The van der Waals surface area contributed by atoms with E-state index in [0.29, 0.717) is 12.3 Å². The molecule has 0 bridgehead atoms. The summed E-state index contributed by atoms with van der Waals surface area (Å²) in [6.45, 7) is 6.37. The zero-order chi connectivity index (χ0) is 19.4. The molecule has 0 aliphatic carbocycles. The first-order valence-electron chi connectivity index (χ1n) is 9.12. The number of ether oxygens (including phenoxy) is 1. The van der Waals surface area contributed by atoms with Crippen molar-refractivity contribution in [2.24, 2.45) is 0 Å². The van der Waals surface area contributed by atoms with E-state index < -0.39 is 0 Å². The fraction of sp³-hybridized carbons (Fsp3) is 0.381. The monoisotopic (exact) mass is 388 g/mol. The van der Waals surface area contributed by atoms with Gasteiger partial charge in [-0.3, -0.25) is 9.69 Å². The van der Waals surface area contributed by atoms with Crippen LogP contribution in [-0.4, -0.2) is 47.5 Å². The maximum Gasteiger partial charge on any atom is 0.260 e. The van der Waals surface area contributed by atoms with Crippen molar-refractivity contribution in [1.82, 2.24) is 9.80 Å². The van der Waals surface area contributed by atoms with Gasteiger partial charge in [0, 0.05) is 36.6 Å². The highest BCUT2D eigenvalue weighted by Gasteiger charge is 2.32. The highest BCUT2D eigenvalue weighted by molar-refractivity contribution is 7.80. The Bertz CT molecular complexity index is 767. The minimum atomic E-state index is -0.223. The summed E-state index contributed by atoms with van der Waals surface area (Å²) in [4.78, 5) is 17.7. The number of carbonyl (C=O) groups excluding carboxylic acids is 1. The van der Waals surface area contributed by atoms with Crippen molar-refractivity contribution in [2.45, 2.75) is 37.4 Å². The van der Waals surface area contributed by atoms with Gasteiger partial charge >= 0.3 is 0 Å². The van der Waals surface area contributed by atoms with Crippen molar-refractivity contribution >= 4 is 18.5 Å². The van der Waals surface area contributed by atoms with Crippen LogP contribution in [0.3, 0.4) is 0 Å². The van der Waals surface area contributed by atoms with E-state index in [4.69, 9.17) is 4.74 Å². The summed E-state index contributed by atoms with van der Waals surface area (Å²) >= 11 is 4.24. The van der Waals surface area contributed by atoms with Crippen LogP contribution in [0.25, 0.3) is 0 Å². The van der Waals surface area contributed by atoms with Crippen molar-refractivity contribution in [3.8, 4) is 5.75 Å². The summed E-state index contributed by atoms with van der Waals surface area (Å²) in [5.74, 6) is 0.433. The number of hydrogen-bond donors (Lipinski definition) is 1. The molecule has 1 fully saturated rings. The van der Waals surface area contributed by atoms with Gasteiger partial charge in [0.15, 0.2) is 6.61 Å². The number of nitrogens with zero attached hydrogens (tertiary/aromatic N) is 2. The van der Waals surface area contributed by atoms with E-state index >= 15 is 0 Å². The average molecular weight is 389 g/mol. The fourth-order valence-corrected chi connectivity index (χ4v) is 3.51. The molecule has 2 aromatic carbocycles. The van der Waals surface area contributed by atoms with Crippen LogP contribution in [0.1, 0.15) is 19.4 Å². The van der Waals surface area contributed by atoms with Crippen molar-refractivity contribution in [3.05, 3.63) is 59.9 Å². The van der Waals surface area contributed by atoms with Gasteiger partial charge in [0.1, 0.15) is 11.6 Å². The van der Waals surface area contributed by atoms with E-state index in [1.165, 1.54) is 12.1 Å². The third-order valence-electron chi connectivity index (χ3n) is 4.93. The molecular weight excluding hydrogens is 363 g/mol. The first-order valence-corrected chi connectivity index (χ1v) is 9.57. The molecular formula is C21H25FN2O2S. The third kappa shape index (κ3) is 5.23. The smallest absolute Gasteiger partial charge is 0.260 e. The van der Waals surface area contributed by atoms with Gasteiger partial charge in [0.05, 0.1) is 0 Å². The van der Waals surface area contributed by atoms with Crippen LogP contribution < -0.4 is 4.74 Å². The van der Waals surface area contributed by atoms with Crippen molar-refractivity contribution in [1.29, 1.82) is 0 Å². The van der Waals surface area contributed by atoms with E-state index in [1.807, 2.05) is 41.3 Å². The minimum Gasteiger partial charge on any atom is -0.484 e. The Labute approximate surface area is 165 Å². The van der Waals surface area contributed by atoms with Gasteiger partial charge in [-0.05, 0) is 55.8 Å². The number of halogens is 1. The normalized spacial score (nSPS) is 20.5. The minimum absolute atomic E-state index is 0.00858. The van der Waals surface area contributed by atoms with Crippen LogP contribution in [0, 0.1) is 5.82 Å². The largest absolute Gasteiger partial charge is 0.484 e. The van der Waals surface area contributed by atoms with Gasteiger partial charge in [-0.1, -0.05) is 12.1 Å². The topological polar surface area (TPSA) is 32.8 Å². The van der Waals surface area contributed by atoms with Crippen LogP contribution in [0.15, 0.2) is 53.4 Å². The molecule has 144 valence electrons. The molecule has 0 unspecified atom stereocenters. The molecule has 0 saturated carbocycles.